The minimum absolute atomic E-state index is 0.350. The van der Waals surface area contributed by atoms with Gasteiger partial charge in [0.2, 0.25) is 0 Å². The fourth-order valence-corrected chi connectivity index (χ4v) is 2.15. The van der Waals surface area contributed by atoms with Crippen LogP contribution < -0.4 is 10.1 Å². The van der Waals surface area contributed by atoms with Gasteiger partial charge in [0.1, 0.15) is 5.75 Å². The number of hydrogen-bond acceptors (Lipinski definition) is 7. The van der Waals surface area contributed by atoms with Gasteiger partial charge in [-0.15, -0.1) is 0 Å². The van der Waals surface area contributed by atoms with Gasteiger partial charge >= 0.3 is 17.3 Å². The number of anilines is 2. The summed E-state index contributed by atoms with van der Waals surface area (Å²) in [6.45, 7) is 2.48. The van der Waals surface area contributed by atoms with E-state index in [0.717, 1.165) is 18.6 Å². The third kappa shape index (κ3) is 4.23. The summed E-state index contributed by atoms with van der Waals surface area (Å²) in [6, 6.07) is 7.86. The van der Waals surface area contributed by atoms with Crippen LogP contribution >= 0.6 is 0 Å². The van der Waals surface area contributed by atoms with Crippen molar-refractivity contribution < 1.29 is 24.5 Å². The molecule has 0 unspecified atom stereocenters. The molecule has 0 saturated heterocycles. The topological polar surface area (TPSA) is 145 Å². The average molecular weight is 361 g/mol. The van der Waals surface area contributed by atoms with Crippen molar-refractivity contribution in [2.75, 3.05) is 11.9 Å². The second-order valence-electron chi connectivity index (χ2n) is 5.21. The molecule has 0 fully saturated rings. The first kappa shape index (κ1) is 18.6. The number of nitrogens with zero attached hydrogens (tertiary/aromatic N) is 2. The van der Waals surface area contributed by atoms with E-state index >= 15 is 0 Å². The van der Waals surface area contributed by atoms with E-state index in [2.05, 4.69) is 5.32 Å². The lowest BCUT2D eigenvalue weighted by molar-refractivity contribution is -0.392. The van der Waals surface area contributed by atoms with E-state index in [4.69, 9.17) is 9.84 Å². The van der Waals surface area contributed by atoms with Gasteiger partial charge in [0.05, 0.1) is 22.0 Å². The van der Waals surface area contributed by atoms with Crippen molar-refractivity contribution in [2.24, 2.45) is 0 Å². The van der Waals surface area contributed by atoms with Crippen LogP contribution in [0.3, 0.4) is 0 Å². The molecule has 10 heteroatoms. The SMILES string of the molecule is CCCOc1ccc(Nc2c([N+](=O)[O-])cc(C(=O)O)cc2[N+](=O)[O-])cc1. The summed E-state index contributed by atoms with van der Waals surface area (Å²) >= 11 is 0. The van der Waals surface area contributed by atoms with Crippen molar-refractivity contribution in [3.63, 3.8) is 0 Å². The smallest absolute Gasteiger partial charge is 0.336 e. The molecule has 2 aromatic carbocycles. The Bertz CT molecular complexity index is 814. The number of carboxylic acids is 1. The first-order chi connectivity index (χ1) is 12.3. The van der Waals surface area contributed by atoms with E-state index in [1.165, 1.54) is 0 Å². The zero-order valence-corrected chi connectivity index (χ0v) is 13.7. The molecule has 10 nitrogen and oxygen atoms in total. The minimum Gasteiger partial charge on any atom is -0.494 e. The highest BCUT2D eigenvalue weighted by Crippen LogP contribution is 2.38. The maximum Gasteiger partial charge on any atom is 0.336 e. The molecule has 0 aliphatic carbocycles. The van der Waals surface area contributed by atoms with Crippen LogP contribution in [-0.2, 0) is 0 Å². The first-order valence-electron chi connectivity index (χ1n) is 7.53. The molecule has 0 amide bonds. The number of nitrogens with one attached hydrogen (secondary N) is 1. The van der Waals surface area contributed by atoms with Crippen LogP contribution in [0.2, 0.25) is 0 Å². The van der Waals surface area contributed by atoms with Crippen molar-refractivity contribution in [3.8, 4) is 5.75 Å². The molecule has 0 aliphatic heterocycles. The zero-order valence-electron chi connectivity index (χ0n) is 13.7. The lowest BCUT2D eigenvalue weighted by atomic mass is 10.1. The number of ether oxygens (including phenoxy) is 1. The highest BCUT2D eigenvalue weighted by molar-refractivity contribution is 5.93. The van der Waals surface area contributed by atoms with Crippen LogP contribution in [0.5, 0.6) is 5.75 Å². The minimum atomic E-state index is -1.50. The van der Waals surface area contributed by atoms with Crippen LogP contribution in [0, 0.1) is 20.2 Å². The Morgan fingerprint density at radius 2 is 1.65 bits per heavy atom. The number of nitro groups is 2. The van der Waals surface area contributed by atoms with E-state index in [0.29, 0.717) is 18.0 Å². The summed E-state index contributed by atoms with van der Waals surface area (Å²) in [5.74, 6) is -0.914. The van der Waals surface area contributed by atoms with Crippen LogP contribution in [0.25, 0.3) is 0 Å². The number of nitro benzene ring substituents is 2. The van der Waals surface area contributed by atoms with Gasteiger partial charge in [0.15, 0.2) is 5.69 Å². The van der Waals surface area contributed by atoms with Gasteiger partial charge < -0.3 is 15.2 Å². The summed E-state index contributed by atoms with van der Waals surface area (Å²) in [5.41, 5.74) is -2.00. The normalized spacial score (nSPS) is 10.2. The van der Waals surface area contributed by atoms with Crippen molar-refractivity contribution in [3.05, 3.63) is 62.2 Å². The Morgan fingerprint density at radius 3 is 2.08 bits per heavy atom. The molecule has 0 bridgehead atoms. The van der Waals surface area contributed by atoms with E-state index in [-0.39, 0.29) is 0 Å². The number of hydrogen-bond donors (Lipinski definition) is 2. The maximum atomic E-state index is 11.3. The van der Waals surface area contributed by atoms with Crippen LogP contribution in [-0.4, -0.2) is 27.5 Å². The Labute approximate surface area is 147 Å². The molecule has 2 N–H and O–H groups in total. The van der Waals surface area contributed by atoms with Crippen molar-refractivity contribution >= 4 is 28.7 Å². The number of carboxylic acid groups (broad SMARTS) is 1. The number of carbonyl (C=O) groups is 1. The van der Waals surface area contributed by atoms with Crippen LogP contribution in [0.1, 0.15) is 23.7 Å². The molecule has 0 spiro atoms. The molecule has 0 heterocycles. The van der Waals surface area contributed by atoms with Crippen molar-refractivity contribution in [1.29, 1.82) is 0 Å². The molecule has 0 saturated carbocycles. The summed E-state index contributed by atoms with van der Waals surface area (Å²) in [5, 5.41) is 34.1. The second kappa shape index (κ2) is 7.92. The Hall–Kier alpha value is -3.69. The Kier molecular flexibility index (Phi) is 5.68. The third-order valence-electron chi connectivity index (χ3n) is 3.33. The first-order valence-corrected chi connectivity index (χ1v) is 7.53. The third-order valence-corrected chi connectivity index (χ3v) is 3.33. The largest absolute Gasteiger partial charge is 0.494 e. The van der Waals surface area contributed by atoms with Crippen molar-refractivity contribution in [2.45, 2.75) is 13.3 Å². The summed E-state index contributed by atoms with van der Waals surface area (Å²) < 4.78 is 5.42. The molecule has 0 aliphatic rings. The number of aromatic carboxylic acids is 1. The Balaban J connectivity index is 2.45. The molecule has 2 rings (SSSR count). The Morgan fingerprint density at radius 1 is 1.12 bits per heavy atom. The monoisotopic (exact) mass is 361 g/mol. The van der Waals surface area contributed by atoms with E-state index in [1.54, 1.807) is 24.3 Å². The maximum absolute atomic E-state index is 11.3. The molecular formula is C16H15N3O7. The number of benzene rings is 2. The van der Waals surface area contributed by atoms with Crippen LogP contribution in [0.15, 0.2) is 36.4 Å². The predicted molar refractivity (Wildman–Crippen MR) is 92.2 cm³/mol. The highest BCUT2D eigenvalue weighted by atomic mass is 16.6. The lowest BCUT2D eigenvalue weighted by Gasteiger charge is -2.10. The molecule has 2 aromatic rings. The molecule has 136 valence electrons. The van der Waals surface area contributed by atoms with Gasteiger partial charge in [-0.25, -0.2) is 4.79 Å². The zero-order chi connectivity index (χ0) is 19.3. The van der Waals surface area contributed by atoms with Crippen LogP contribution in [0.4, 0.5) is 22.7 Å². The van der Waals surface area contributed by atoms with E-state index < -0.39 is 38.4 Å². The van der Waals surface area contributed by atoms with Gasteiger partial charge in [-0.1, -0.05) is 6.92 Å². The number of rotatable bonds is 8. The summed E-state index contributed by atoms with van der Waals surface area (Å²) in [6.07, 6.45) is 0.828. The standard InChI is InChI=1S/C16H15N3O7/c1-2-7-26-12-5-3-11(4-6-12)17-15-13(18(22)23)8-10(16(20)21)9-14(15)19(24)25/h3-6,8-9,17H,2,7H2,1H3,(H,20,21). The quantitative estimate of drug-likeness (QED) is 0.534. The lowest BCUT2D eigenvalue weighted by Crippen LogP contribution is -2.06. The molecule has 26 heavy (non-hydrogen) atoms. The predicted octanol–water partition coefficient (Wildman–Crippen LogP) is 3.73. The summed E-state index contributed by atoms with van der Waals surface area (Å²) in [4.78, 5) is 31.8. The van der Waals surface area contributed by atoms with E-state index in [1.807, 2.05) is 6.92 Å². The van der Waals surface area contributed by atoms with E-state index in [9.17, 15) is 25.0 Å². The fraction of sp³-hybridized carbons (Fsp3) is 0.188. The second-order valence-corrected chi connectivity index (χ2v) is 5.21. The fourth-order valence-electron chi connectivity index (χ4n) is 2.15. The summed E-state index contributed by atoms with van der Waals surface area (Å²) in [7, 11) is 0. The highest BCUT2D eigenvalue weighted by Gasteiger charge is 2.28. The molecule has 0 atom stereocenters. The van der Waals surface area contributed by atoms with Gasteiger partial charge in [-0.2, -0.15) is 0 Å². The van der Waals surface area contributed by atoms with Gasteiger partial charge in [0.25, 0.3) is 0 Å². The van der Waals surface area contributed by atoms with Gasteiger partial charge in [-0.3, -0.25) is 20.2 Å². The van der Waals surface area contributed by atoms with Gasteiger partial charge in [-0.05, 0) is 30.7 Å². The van der Waals surface area contributed by atoms with Gasteiger partial charge in [0, 0.05) is 17.8 Å². The molecule has 0 aromatic heterocycles. The molecule has 0 radical (unpaired) electrons. The molecular weight excluding hydrogens is 346 g/mol. The van der Waals surface area contributed by atoms with Crippen molar-refractivity contribution in [1.82, 2.24) is 0 Å². The average Bonchev–Trinajstić information content (AvgIpc) is 2.60.